The van der Waals surface area contributed by atoms with Gasteiger partial charge in [-0.15, -0.1) is 0 Å². The van der Waals surface area contributed by atoms with Gasteiger partial charge in [-0.05, 0) is 42.5 Å². The first-order valence-corrected chi connectivity index (χ1v) is 8.09. The van der Waals surface area contributed by atoms with Crippen molar-refractivity contribution in [3.05, 3.63) is 63.9 Å². The van der Waals surface area contributed by atoms with E-state index in [1.165, 1.54) is 6.07 Å². The van der Waals surface area contributed by atoms with Crippen LogP contribution in [0, 0.1) is 5.82 Å². The van der Waals surface area contributed by atoms with Gasteiger partial charge < -0.3 is 16.4 Å². The van der Waals surface area contributed by atoms with Crippen molar-refractivity contribution in [2.24, 2.45) is 5.73 Å². The van der Waals surface area contributed by atoms with Gasteiger partial charge in [-0.1, -0.05) is 15.9 Å². The number of carbonyl (C=O) groups is 3. The molecule has 0 saturated carbocycles. The molecule has 0 aliphatic heterocycles. The van der Waals surface area contributed by atoms with Crippen molar-refractivity contribution in [1.29, 1.82) is 0 Å². The minimum Gasteiger partial charge on any atom is -0.366 e. The molecule has 0 bridgehead atoms. The lowest BCUT2D eigenvalue weighted by Gasteiger charge is -2.08. The van der Waals surface area contributed by atoms with Gasteiger partial charge in [0, 0.05) is 28.7 Å². The van der Waals surface area contributed by atoms with E-state index in [0.29, 0.717) is 5.56 Å². The number of nitrogens with one attached hydrogen (secondary N) is 2. The van der Waals surface area contributed by atoms with Crippen LogP contribution in [0.25, 0.3) is 0 Å². The summed E-state index contributed by atoms with van der Waals surface area (Å²) >= 11 is 3.28. The second kappa shape index (κ2) is 8.39. The van der Waals surface area contributed by atoms with Crippen molar-refractivity contribution in [2.75, 3.05) is 11.9 Å². The van der Waals surface area contributed by atoms with Crippen molar-refractivity contribution in [3.63, 3.8) is 0 Å². The van der Waals surface area contributed by atoms with Gasteiger partial charge in [-0.25, -0.2) is 4.39 Å². The molecule has 0 saturated heterocycles. The first kappa shape index (κ1) is 18.6. The van der Waals surface area contributed by atoms with Gasteiger partial charge in [0.25, 0.3) is 11.8 Å². The Hall–Kier alpha value is -2.74. The summed E-state index contributed by atoms with van der Waals surface area (Å²) in [6, 6.07) is 10.3. The summed E-state index contributed by atoms with van der Waals surface area (Å²) in [5, 5.41) is 5.14. The maximum absolute atomic E-state index is 13.4. The summed E-state index contributed by atoms with van der Waals surface area (Å²) in [7, 11) is 0. The summed E-state index contributed by atoms with van der Waals surface area (Å²) in [6.07, 6.45) is 0.0194. The molecule has 0 fully saturated rings. The molecule has 6 nitrogen and oxygen atoms in total. The molecule has 2 aromatic rings. The first-order chi connectivity index (χ1) is 11.9. The van der Waals surface area contributed by atoms with Crippen LogP contribution in [0.4, 0.5) is 10.1 Å². The van der Waals surface area contributed by atoms with Gasteiger partial charge in [0.15, 0.2) is 0 Å². The number of rotatable bonds is 6. The van der Waals surface area contributed by atoms with Crippen LogP contribution in [0.15, 0.2) is 46.9 Å². The van der Waals surface area contributed by atoms with Crippen molar-refractivity contribution in [3.8, 4) is 0 Å². The topological polar surface area (TPSA) is 101 Å². The van der Waals surface area contributed by atoms with E-state index in [0.717, 1.165) is 16.6 Å². The maximum Gasteiger partial charge on any atom is 0.251 e. The van der Waals surface area contributed by atoms with Crippen LogP contribution >= 0.6 is 15.9 Å². The number of anilines is 1. The summed E-state index contributed by atoms with van der Waals surface area (Å²) in [5.41, 5.74) is 5.48. The lowest BCUT2D eigenvalue weighted by Crippen LogP contribution is -2.27. The largest absolute Gasteiger partial charge is 0.366 e. The normalized spacial score (nSPS) is 10.2. The Kier molecular flexibility index (Phi) is 6.24. The van der Waals surface area contributed by atoms with Crippen LogP contribution in [0.5, 0.6) is 0 Å². The minimum atomic E-state index is -0.921. The SMILES string of the molecule is NC(=O)c1cc(NC(=O)CCNC(=O)c2ccc(Br)cc2)ccc1F. The Bertz CT molecular complexity index is 809. The van der Waals surface area contributed by atoms with Crippen LogP contribution in [0.2, 0.25) is 0 Å². The molecular weight excluding hydrogens is 393 g/mol. The summed E-state index contributed by atoms with van der Waals surface area (Å²) < 4.78 is 14.2. The molecule has 0 aliphatic rings. The fraction of sp³-hybridized carbons (Fsp3) is 0.118. The smallest absolute Gasteiger partial charge is 0.251 e. The van der Waals surface area contributed by atoms with Crippen LogP contribution in [0.1, 0.15) is 27.1 Å². The molecule has 4 N–H and O–H groups in total. The average Bonchev–Trinajstić information content (AvgIpc) is 2.57. The highest BCUT2D eigenvalue weighted by Gasteiger charge is 2.11. The van der Waals surface area contributed by atoms with Crippen LogP contribution < -0.4 is 16.4 Å². The first-order valence-electron chi connectivity index (χ1n) is 7.30. The molecule has 25 heavy (non-hydrogen) atoms. The molecule has 0 spiro atoms. The lowest BCUT2D eigenvalue weighted by atomic mass is 10.1. The van der Waals surface area contributed by atoms with Crippen LogP contribution in [-0.4, -0.2) is 24.3 Å². The second-order valence-corrected chi connectivity index (χ2v) is 6.04. The quantitative estimate of drug-likeness (QED) is 0.685. The van der Waals surface area contributed by atoms with Gasteiger partial charge in [0.1, 0.15) is 5.82 Å². The number of halogens is 2. The Morgan fingerprint density at radius 3 is 2.40 bits per heavy atom. The van der Waals surface area contributed by atoms with E-state index in [4.69, 9.17) is 5.73 Å². The third-order valence-electron chi connectivity index (χ3n) is 3.26. The second-order valence-electron chi connectivity index (χ2n) is 5.12. The monoisotopic (exact) mass is 407 g/mol. The van der Waals surface area contributed by atoms with E-state index >= 15 is 0 Å². The predicted octanol–water partition coefficient (Wildman–Crippen LogP) is 2.45. The molecule has 8 heteroatoms. The molecule has 0 aliphatic carbocycles. The van der Waals surface area contributed by atoms with Crippen LogP contribution in [0.3, 0.4) is 0 Å². The number of hydrogen-bond acceptors (Lipinski definition) is 3. The average molecular weight is 408 g/mol. The van der Waals surface area contributed by atoms with Crippen molar-refractivity contribution in [1.82, 2.24) is 5.32 Å². The molecule has 2 rings (SSSR count). The Labute approximate surface area is 151 Å². The maximum atomic E-state index is 13.4. The minimum absolute atomic E-state index is 0.0194. The van der Waals surface area contributed by atoms with E-state index in [9.17, 15) is 18.8 Å². The van der Waals surface area contributed by atoms with Crippen molar-refractivity contribution in [2.45, 2.75) is 6.42 Å². The van der Waals surface area contributed by atoms with Crippen LogP contribution in [-0.2, 0) is 4.79 Å². The van der Waals surface area contributed by atoms with Crippen molar-refractivity contribution < 1.29 is 18.8 Å². The van der Waals surface area contributed by atoms with E-state index in [1.807, 2.05) is 0 Å². The third kappa shape index (κ3) is 5.39. The molecule has 0 unspecified atom stereocenters. The van der Waals surface area contributed by atoms with Gasteiger partial charge in [-0.3, -0.25) is 14.4 Å². The molecule has 0 radical (unpaired) electrons. The van der Waals surface area contributed by atoms with Gasteiger partial charge in [0.2, 0.25) is 5.91 Å². The van der Waals surface area contributed by atoms with E-state index in [-0.39, 0.29) is 30.1 Å². The zero-order valence-corrected chi connectivity index (χ0v) is 14.6. The number of amides is 3. The predicted molar refractivity (Wildman–Crippen MR) is 94.6 cm³/mol. The zero-order chi connectivity index (χ0) is 18.4. The number of hydrogen-bond donors (Lipinski definition) is 3. The highest BCUT2D eigenvalue weighted by atomic mass is 79.9. The molecule has 0 heterocycles. The standard InChI is InChI=1S/C17H15BrFN3O3/c18-11-3-1-10(2-4-11)17(25)21-8-7-15(23)22-12-5-6-14(19)13(9-12)16(20)24/h1-6,9H,7-8H2,(H2,20,24)(H,21,25)(H,22,23). The molecule has 0 atom stereocenters. The molecule has 2 aromatic carbocycles. The number of benzene rings is 2. The summed E-state index contributed by atoms with van der Waals surface area (Å²) in [6.45, 7) is 0.130. The third-order valence-corrected chi connectivity index (χ3v) is 3.79. The lowest BCUT2D eigenvalue weighted by molar-refractivity contribution is -0.116. The molecule has 130 valence electrons. The number of carbonyl (C=O) groups excluding carboxylic acids is 3. The van der Waals surface area contributed by atoms with Gasteiger partial charge in [0.05, 0.1) is 5.56 Å². The molecule has 0 aromatic heterocycles. The van der Waals surface area contributed by atoms with E-state index < -0.39 is 17.6 Å². The van der Waals surface area contributed by atoms with Gasteiger partial charge >= 0.3 is 0 Å². The highest BCUT2D eigenvalue weighted by Crippen LogP contribution is 2.14. The fourth-order valence-corrected chi connectivity index (χ4v) is 2.27. The number of primary amides is 1. The molecule has 3 amide bonds. The highest BCUT2D eigenvalue weighted by molar-refractivity contribution is 9.10. The Balaban J connectivity index is 1.85. The Morgan fingerprint density at radius 1 is 1.08 bits per heavy atom. The van der Waals surface area contributed by atoms with Crippen molar-refractivity contribution >= 4 is 39.3 Å². The summed E-state index contributed by atoms with van der Waals surface area (Å²) in [5.74, 6) is -2.36. The van der Waals surface area contributed by atoms with Gasteiger partial charge in [-0.2, -0.15) is 0 Å². The molecular formula is C17H15BrFN3O3. The summed E-state index contributed by atoms with van der Waals surface area (Å²) in [4.78, 5) is 34.8. The zero-order valence-electron chi connectivity index (χ0n) is 13.0. The number of nitrogens with two attached hydrogens (primary N) is 1. The Morgan fingerprint density at radius 2 is 1.76 bits per heavy atom. The fourth-order valence-electron chi connectivity index (χ4n) is 2.01. The van der Waals surface area contributed by atoms with E-state index in [2.05, 4.69) is 26.6 Å². The van der Waals surface area contributed by atoms with E-state index in [1.54, 1.807) is 24.3 Å².